The van der Waals surface area contributed by atoms with Crippen molar-refractivity contribution in [3.8, 4) is 5.88 Å². The summed E-state index contributed by atoms with van der Waals surface area (Å²) in [4.78, 5) is 21.5. The van der Waals surface area contributed by atoms with E-state index in [9.17, 15) is 9.90 Å². The van der Waals surface area contributed by atoms with Crippen LogP contribution in [0.1, 0.15) is 24.0 Å². The van der Waals surface area contributed by atoms with Crippen LogP contribution < -0.4 is 4.90 Å². The minimum absolute atomic E-state index is 0.00688. The average molecular weight is 391 g/mol. The predicted octanol–water partition coefficient (Wildman–Crippen LogP) is 4.32. The number of rotatable bonds is 4. The van der Waals surface area contributed by atoms with Gasteiger partial charge in [-0.3, -0.25) is 9.79 Å². The second-order valence-electron chi connectivity index (χ2n) is 7.44. The molecule has 1 aliphatic heterocycles. The Morgan fingerprint density at radius 1 is 1.21 bits per heavy atom. The third-order valence-corrected chi connectivity index (χ3v) is 5.64. The zero-order valence-electron chi connectivity index (χ0n) is 16.7. The number of ether oxygens (including phenoxy) is 1. The van der Waals surface area contributed by atoms with E-state index >= 15 is 0 Å². The van der Waals surface area contributed by atoms with Gasteiger partial charge in [0.25, 0.3) is 0 Å². The number of aromatic nitrogens is 1. The van der Waals surface area contributed by atoms with E-state index in [0.29, 0.717) is 5.56 Å². The monoisotopic (exact) mass is 391 g/mol. The highest BCUT2D eigenvalue weighted by molar-refractivity contribution is 6.04. The number of carbonyl (C=O) groups excluding carboxylic acids is 1. The van der Waals surface area contributed by atoms with Crippen molar-refractivity contribution in [1.82, 2.24) is 4.98 Å². The van der Waals surface area contributed by atoms with Gasteiger partial charge in [0, 0.05) is 35.9 Å². The number of aliphatic imine (C=N–C) groups is 1. The molecule has 3 aromatic rings. The summed E-state index contributed by atoms with van der Waals surface area (Å²) in [6.07, 6.45) is 3.33. The number of aromatic hydroxyl groups is 1. The Morgan fingerprint density at radius 3 is 2.62 bits per heavy atom. The number of aromatic amines is 1. The molecule has 0 aliphatic carbocycles. The van der Waals surface area contributed by atoms with E-state index in [1.165, 1.54) is 7.11 Å². The highest BCUT2D eigenvalue weighted by atomic mass is 16.5. The molecule has 0 amide bonds. The van der Waals surface area contributed by atoms with Crippen molar-refractivity contribution in [3.63, 3.8) is 0 Å². The smallest absolute Gasteiger partial charge is 0.308 e. The first-order valence-electron chi connectivity index (χ1n) is 9.84. The largest absolute Gasteiger partial charge is 0.494 e. The summed E-state index contributed by atoms with van der Waals surface area (Å²) < 4.78 is 4.85. The van der Waals surface area contributed by atoms with Gasteiger partial charge in [-0.15, -0.1) is 0 Å². The molecule has 0 atom stereocenters. The van der Waals surface area contributed by atoms with Gasteiger partial charge >= 0.3 is 5.97 Å². The molecule has 1 aliphatic rings. The SMILES string of the molecule is COC(=O)C1CCN(c2ccc(N=Cc3c(O)[nH]c4cccc(C)c34)cc2)CC1. The van der Waals surface area contributed by atoms with Crippen molar-refractivity contribution in [2.45, 2.75) is 19.8 Å². The Balaban J connectivity index is 1.47. The van der Waals surface area contributed by atoms with Crippen LogP contribution in [0.2, 0.25) is 0 Å². The molecule has 6 heteroatoms. The number of hydrogen-bond acceptors (Lipinski definition) is 5. The summed E-state index contributed by atoms with van der Waals surface area (Å²) in [5.41, 5.74) is 4.63. The number of nitrogens with zero attached hydrogens (tertiary/aromatic N) is 2. The third-order valence-electron chi connectivity index (χ3n) is 5.64. The lowest BCUT2D eigenvalue weighted by molar-refractivity contribution is -0.146. The quantitative estimate of drug-likeness (QED) is 0.513. The van der Waals surface area contributed by atoms with Gasteiger partial charge in [0.05, 0.1) is 24.3 Å². The Morgan fingerprint density at radius 2 is 1.93 bits per heavy atom. The van der Waals surface area contributed by atoms with Crippen LogP contribution in [-0.4, -0.2) is 42.5 Å². The highest BCUT2D eigenvalue weighted by Gasteiger charge is 2.25. The van der Waals surface area contributed by atoms with E-state index in [1.807, 2.05) is 49.4 Å². The summed E-state index contributed by atoms with van der Waals surface area (Å²) in [6, 6.07) is 14.0. The number of benzene rings is 2. The molecule has 0 unspecified atom stereocenters. The maximum atomic E-state index is 11.7. The summed E-state index contributed by atoms with van der Waals surface area (Å²) in [5.74, 6) is 0.0284. The molecule has 150 valence electrons. The number of piperidine rings is 1. The fourth-order valence-electron chi connectivity index (χ4n) is 4.00. The van der Waals surface area contributed by atoms with Gasteiger partial charge in [0.2, 0.25) is 0 Å². The maximum Gasteiger partial charge on any atom is 0.308 e. The lowest BCUT2D eigenvalue weighted by atomic mass is 9.96. The average Bonchev–Trinajstić information content (AvgIpc) is 3.08. The normalized spacial score (nSPS) is 15.3. The summed E-state index contributed by atoms with van der Waals surface area (Å²) in [5, 5.41) is 11.2. The number of esters is 1. The first-order valence-corrected chi connectivity index (χ1v) is 9.84. The molecule has 1 saturated heterocycles. The molecule has 2 N–H and O–H groups in total. The van der Waals surface area contributed by atoms with Gasteiger partial charge in [0.1, 0.15) is 0 Å². The van der Waals surface area contributed by atoms with Crippen LogP contribution in [0.3, 0.4) is 0 Å². The molecule has 1 aromatic heterocycles. The van der Waals surface area contributed by atoms with Crippen molar-refractivity contribution in [2.24, 2.45) is 10.9 Å². The number of hydrogen-bond donors (Lipinski definition) is 2. The van der Waals surface area contributed by atoms with Gasteiger partial charge in [-0.05, 0) is 55.7 Å². The van der Waals surface area contributed by atoms with Crippen LogP contribution in [-0.2, 0) is 9.53 Å². The molecule has 4 rings (SSSR count). The molecule has 0 spiro atoms. The second-order valence-corrected chi connectivity index (χ2v) is 7.44. The topological polar surface area (TPSA) is 77.9 Å². The summed E-state index contributed by atoms with van der Waals surface area (Å²) >= 11 is 0. The number of H-pyrrole nitrogens is 1. The van der Waals surface area contributed by atoms with E-state index in [4.69, 9.17) is 4.74 Å². The third kappa shape index (κ3) is 3.83. The van der Waals surface area contributed by atoms with Crippen LogP contribution in [0.4, 0.5) is 11.4 Å². The van der Waals surface area contributed by atoms with Crippen molar-refractivity contribution in [3.05, 3.63) is 53.6 Å². The molecule has 2 heterocycles. The fourth-order valence-corrected chi connectivity index (χ4v) is 4.00. The van der Waals surface area contributed by atoms with Gasteiger partial charge < -0.3 is 19.7 Å². The van der Waals surface area contributed by atoms with E-state index in [2.05, 4.69) is 14.9 Å². The first kappa shape index (κ1) is 19.1. The van der Waals surface area contributed by atoms with E-state index in [1.54, 1.807) is 6.21 Å². The number of anilines is 1. The lowest BCUT2D eigenvalue weighted by Crippen LogP contribution is -2.36. The first-order chi connectivity index (χ1) is 14.1. The fraction of sp³-hybridized carbons (Fsp3) is 0.304. The van der Waals surface area contributed by atoms with E-state index in [0.717, 1.165) is 53.8 Å². The molecular formula is C23H25N3O3. The molecule has 29 heavy (non-hydrogen) atoms. The molecule has 6 nitrogen and oxygen atoms in total. The maximum absolute atomic E-state index is 11.7. The van der Waals surface area contributed by atoms with Crippen LogP contribution in [0, 0.1) is 12.8 Å². The number of fused-ring (bicyclic) bond motifs is 1. The highest BCUT2D eigenvalue weighted by Crippen LogP contribution is 2.30. The number of nitrogens with one attached hydrogen (secondary N) is 1. The van der Waals surface area contributed by atoms with Gasteiger partial charge in [-0.1, -0.05) is 12.1 Å². The van der Waals surface area contributed by atoms with Gasteiger partial charge in [-0.2, -0.15) is 0 Å². The molecule has 0 bridgehead atoms. The van der Waals surface area contributed by atoms with Gasteiger partial charge in [-0.25, -0.2) is 0 Å². The molecule has 0 radical (unpaired) electrons. The standard InChI is InChI=1S/C23H25N3O3/c1-15-4-3-5-20-21(15)19(22(27)25-20)14-24-17-6-8-18(9-7-17)26-12-10-16(11-13-26)23(28)29-2/h3-9,14,16,25,27H,10-13H2,1-2H3. The van der Waals surface area contributed by atoms with Gasteiger partial charge in [0.15, 0.2) is 5.88 Å². The van der Waals surface area contributed by atoms with E-state index in [-0.39, 0.29) is 17.8 Å². The number of carbonyl (C=O) groups is 1. The Kier molecular flexibility index (Phi) is 5.25. The number of methoxy groups -OCH3 is 1. The second kappa shape index (κ2) is 7.99. The lowest BCUT2D eigenvalue weighted by Gasteiger charge is -2.32. The summed E-state index contributed by atoms with van der Waals surface area (Å²) in [7, 11) is 1.45. The molecule has 2 aromatic carbocycles. The van der Waals surface area contributed by atoms with Crippen LogP contribution in [0.25, 0.3) is 10.9 Å². The van der Waals surface area contributed by atoms with Crippen molar-refractivity contribution < 1.29 is 14.6 Å². The summed E-state index contributed by atoms with van der Waals surface area (Å²) in [6.45, 7) is 3.70. The zero-order chi connectivity index (χ0) is 20.4. The Labute approximate surface area is 169 Å². The number of aryl methyl sites for hydroxylation is 1. The predicted molar refractivity (Wildman–Crippen MR) is 115 cm³/mol. The van der Waals surface area contributed by atoms with Crippen LogP contribution in [0.15, 0.2) is 47.5 Å². The molecular weight excluding hydrogens is 366 g/mol. The Bertz CT molecular complexity index is 1050. The van der Waals surface area contributed by atoms with Crippen LogP contribution >= 0.6 is 0 Å². The van der Waals surface area contributed by atoms with E-state index < -0.39 is 0 Å². The van der Waals surface area contributed by atoms with Crippen LogP contribution in [0.5, 0.6) is 5.88 Å². The van der Waals surface area contributed by atoms with Crippen molar-refractivity contribution >= 4 is 34.5 Å². The van der Waals surface area contributed by atoms with Crippen molar-refractivity contribution in [1.29, 1.82) is 0 Å². The molecule has 0 saturated carbocycles. The minimum atomic E-state index is -0.106. The minimum Gasteiger partial charge on any atom is -0.494 e. The van der Waals surface area contributed by atoms with Crippen molar-refractivity contribution in [2.75, 3.05) is 25.1 Å². The Hall–Kier alpha value is -3.28. The molecule has 1 fully saturated rings. The zero-order valence-corrected chi connectivity index (χ0v) is 16.7.